The van der Waals surface area contributed by atoms with E-state index in [0.29, 0.717) is 40.7 Å². The third-order valence-electron chi connectivity index (χ3n) is 5.23. The molecule has 0 radical (unpaired) electrons. The van der Waals surface area contributed by atoms with Crippen molar-refractivity contribution in [3.63, 3.8) is 0 Å². The zero-order chi connectivity index (χ0) is 22.0. The molecule has 2 heterocycles. The van der Waals surface area contributed by atoms with Crippen LogP contribution in [-0.2, 0) is 4.79 Å². The molecule has 2 aromatic heterocycles. The van der Waals surface area contributed by atoms with Crippen LogP contribution in [0.2, 0.25) is 5.02 Å². The number of hydrogen-bond acceptors (Lipinski definition) is 5. The molecule has 0 saturated carbocycles. The van der Waals surface area contributed by atoms with Crippen molar-refractivity contribution in [2.45, 2.75) is 51.4 Å². The molecule has 9 heteroatoms. The highest BCUT2D eigenvalue weighted by atomic mass is 35.5. The summed E-state index contributed by atoms with van der Waals surface area (Å²) < 4.78 is 1.77. The van der Waals surface area contributed by atoms with E-state index in [-0.39, 0.29) is 16.6 Å². The lowest BCUT2D eigenvalue weighted by molar-refractivity contribution is -0.130. The van der Waals surface area contributed by atoms with Crippen molar-refractivity contribution in [2.75, 3.05) is 13.1 Å². The van der Waals surface area contributed by atoms with Crippen LogP contribution in [0.3, 0.4) is 0 Å². The van der Waals surface area contributed by atoms with Gasteiger partial charge in [0.1, 0.15) is 5.49 Å². The van der Waals surface area contributed by atoms with E-state index in [1.807, 2.05) is 57.7 Å². The highest BCUT2D eigenvalue weighted by Gasteiger charge is 2.26. The normalized spacial score (nSPS) is 12.3. The second-order valence-electron chi connectivity index (χ2n) is 7.03. The van der Waals surface area contributed by atoms with E-state index in [0.717, 1.165) is 16.9 Å². The molecule has 1 amide bonds. The van der Waals surface area contributed by atoms with Crippen LogP contribution in [0.5, 0.6) is 0 Å². The Bertz CT molecular complexity index is 1130. The molecule has 1 atom stereocenters. The summed E-state index contributed by atoms with van der Waals surface area (Å²) in [7, 11) is 0. The quantitative estimate of drug-likeness (QED) is 0.419. The summed E-state index contributed by atoms with van der Waals surface area (Å²) in [6.07, 6.45) is 0.654. The molecule has 3 rings (SSSR count). The Kier molecular flexibility index (Phi) is 6.88. The van der Waals surface area contributed by atoms with Crippen LogP contribution in [0.4, 0.5) is 0 Å². The number of aryl methyl sites for hydroxylation is 1. The van der Waals surface area contributed by atoms with Crippen molar-refractivity contribution in [1.29, 1.82) is 5.41 Å². The van der Waals surface area contributed by atoms with Gasteiger partial charge in [0.15, 0.2) is 10.8 Å². The lowest BCUT2D eigenvalue weighted by atomic mass is 10.2. The molecular weight excluding hydrogens is 420 g/mol. The fourth-order valence-corrected chi connectivity index (χ4v) is 4.72. The molecule has 2 N–H and O–H groups in total. The molecule has 1 aromatic carbocycles. The van der Waals surface area contributed by atoms with Crippen LogP contribution in [0.1, 0.15) is 38.4 Å². The number of carbonyl (C=O) groups excluding carboxylic acids is 1. The number of benzene rings is 1. The molecule has 0 aliphatic rings. The first-order chi connectivity index (χ1) is 14.3. The van der Waals surface area contributed by atoms with E-state index < -0.39 is 0 Å². The minimum atomic E-state index is -0.306. The first-order valence-corrected chi connectivity index (χ1v) is 11.3. The van der Waals surface area contributed by atoms with Crippen molar-refractivity contribution in [2.24, 2.45) is 0 Å². The molecule has 0 aliphatic carbocycles. The topological polar surface area (TPSA) is 90.7 Å². The fourth-order valence-electron chi connectivity index (χ4n) is 3.44. The van der Waals surface area contributed by atoms with Crippen LogP contribution < -0.4 is 5.49 Å². The van der Waals surface area contributed by atoms with Crippen molar-refractivity contribution in [3.05, 3.63) is 40.0 Å². The van der Waals surface area contributed by atoms with Gasteiger partial charge in [-0.1, -0.05) is 36.4 Å². The Labute approximate surface area is 185 Å². The average Bonchev–Trinajstić information content (AvgIpc) is 3.10. The van der Waals surface area contributed by atoms with E-state index in [1.54, 1.807) is 4.57 Å². The number of aromatic nitrogens is 4. The van der Waals surface area contributed by atoms with Crippen molar-refractivity contribution >= 4 is 40.3 Å². The standard InChI is InChI=1S/C21H27ClN6OS/c1-6-16(20(29)27(7-2)8-3)30-21-24-19-17(13(5)25-26-19)18(23)28(21)15-11-9-10-14(22)12(15)4/h9-11,16,23H,6-8H2,1-5H3,(H,25,26)/t16-/m1/s1. The zero-order valence-electron chi connectivity index (χ0n) is 17.9. The van der Waals surface area contributed by atoms with Crippen LogP contribution in [0.25, 0.3) is 16.7 Å². The number of thioether (sulfide) groups is 1. The summed E-state index contributed by atoms with van der Waals surface area (Å²) in [5, 5.41) is 17.6. The van der Waals surface area contributed by atoms with Crippen molar-refractivity contribution in [1.82, 2.24) is 24.6 Å². The molecule has 7 nitrogen and oxygen atoms in total. The fraction of sp³-hybridized carbons (Fsp3) is 0.429. The highest BCUT2D eigenvalue weighted by molar-refractivity contribution is 8.00. The third-order valence-corrected chi connectivity index (χ3v) is 6.94. The molecule has 0 fully saturated rings. The van der Waals surface area contributed by atoms with Crippen LogP contribution in [0, 0.1) is 19.3 Å². The van der Waals surface area contributed by atoms with Gasteiger partial charge in [-0.05, 0) is 51.8 Å². The zero-order valence-corrected chi connectivity index (χ0v) is 19.5. The Balaban J connectivity index is 2.22. The molecular formula is C21H27ClN6OS. The summed E-state index contributed by atoms with van der Waals surface area (Å²) in [5.41, 5.74) is 3.14. The van der Waals surface area contributed by atoms with E-state index in [2.05, 4.69) is 10.2 Å². The maximum Gasteiger partial charge on any atom is 0.236 e. The third kappa shape index (κ3) is 3.98. The molecule has 30 heavy (non-hydrogen) atoms. The Morgan fingerprint density at radius 1 is 1.30 bits per heavy atom. The van der Waals surface area contributed by atoms with Gasteiger partial charge < -0.3 is 4.90 Å². The second kappa shape index (κ2) is 9.22. The van der Waals surface area contributed by atoms with Gasteiger partial charge in [0.2, 0.25) is 5.91 Å². The van der Waals surface area contributed by atoms with E-state index >= 15 is 0 Å². The molecule has 0 saturated heterocycles. The molecule has 0 unspecified atom stereocenters. The largest absolute Gasteiger partial charge is 0.342 e. The molecule has 0 bridgehead atoms. The number of H-pyrrole nitrogens is 1. The van der Waals surface area contributed by atoms with Crippen LogP contribution in [0.15, 0.2) is 23.4 Å². The van der Waals surface area contributed by atoms with Gasteiger partial charge in [0.25, 0.3) is 0 Å². The predicted molar refractivity (Wildman–Crippen MR) is 121 cm³/mol. The predicted octanol–water partition coefficient (Wildman–Crippen LogP) is 4.24. The summed E-state index contributed by atoms with van der Waals surface area (Å²) in [5.74, 6) is 0.0773. The van der Waals surface area contributed by atoms with Gasteiger partial charge in [0.05, 0.1) is 16.3 Å². The number of nitrogens with one attached hydrogen (secondary N) is 2. The van der Waals surface area contributed by atoms with E-state index in [4.69, 9.17) is 22.0 Å². The minimum Gasteiger partial charge on any atom is -0.342 e. The number of fused-ring (bicyclic) bond motifs is 1. The molecule has 0 aliphatic heterocycles. The number of carbonyl (C=O) groups is 1. The Morgan fingerprint density at radius 3 is 2.63 bits per heavy atom. The Hall–Kier alpha value is -2.32. The van der Waals surface area contributed by atoms with Crippen LogP contribution >= 0.6 is 23.4 Å². The molecule has 3 aromatic rings. The minimum absolute atomic E-state index is 0.0773. The maximum atomic E-state index is 13.0. The summed E-state index contributed by atoms with van der Waals surface area (Å²) >= 11 is 7.75. The van der Waals surface area contributed by atoms with Gasteiger partial charge in [-0.15, -0.1) is 0 Å². The van der Waals surface area contributed by atoms with Crippen LogP contribution in [-0.4, -0.2) is 48.9 Å². The number of amides is 1. The molecule has 160 valence electrons. The van der Waals surface area contributed by atoms with E-state index in [9.17, 15) is 4.79 Å². The monoisotopic (exact) mass is 446 g/mol. The second-order valence-corrected chi connectivity index (χ2v) is 8.61. The molecule has 0 spiro atoms. The van der Waals surface area contributed by atoms with Gasteiger partial charge in [-0.25, -0.2) is 4.98 Å². The Morgan fingerprint density at radius 2 is 2.00 bits per heavy atom. The number of aromatic amines is 1. The summed E-state index contributed by atoms with van der Waals surface area (Å²) in [6, 6.07) is 5.60. The SMILES string of the molecule is CC[C@@H](Sc1nc2n[nH]c(C)c2c(=N)n1-c1cccc(Cl)c1C)C(=O)N(CC)CC. The van der Waals surface area contributed by atoms with Gasteiger partial charge in [-0.3, -0.25) is 19.9 Å². The van der Waals surface area contributed by atoms with E-state index in [1.165, 1.54) is 11.8 Å². The number of rotatable bonds is 7. The maximum absolute atomic E-state index is 13.0. The average molecular weight is 447 g/mol. The van der Waals surface area contributed by atoms with Gasteiger partial charge >= 0.3 is 0 Å². The smallest absolute Gasteiger partial charge is 0.236 e. The first-order valence-electron chi connectivity index (χ1n) is 10.1. The van der Waals surface area contributed by atoms with Gasteiger partial charge in [0, 0.05) is 23.8 Å². The first kappa shape index (κ1) is 22.4. The summed E-state index contributed by atoms with van der Waals surface area (Å²) in [4.78, 5) is 19.6. The highest BCUT2D eigenvalue weighted by Crippen LogP contribution is 2.30. The summed E-state index contributed by atoms with van der Waals surface area (Å²) in [6.45, 7) is 11.1. The lowest BCUT2D eigenvalue weighted by Crippen LogP contribution is -2.37. The number of nitrogens with zero attached hydrogens (tertiary/aromatic N) is 4. The van der Waals surface area contributed by atoms with Crippen molar-refractivity contribution < 1.29 is 4.79 Å². The lowest BCUT2D eigenvalue weighted by Gasteiger charge is -2.25. The number of halogens is 1. The number of hydrogen-bond donors (Lipinski definition) is 2. The van der Waals surface area contributed by atoms with Gasteiger partial charge in [-0.2, -0.15) is 5.10 Å². The van der Waals surface area contributed by atoms with Crippen molar-refractivity contribution in [3.8, 4) is 5.69 Å².